The van der Waals surface area contributed by atoms with Crippen molar-refractivity contribution in [3.63, 3.8) is 0 Å². The summed E-state index contributed by atoms with van der Waals surface area (Å²) in [5, 5.41) is 30.7. The van der Waals surface area contributed by atoms with Gasteiger partial charge in [0.15, 0.2) is 6.23 Å². The zero-order chi connectivity index (χ0) is 13.9. The van der Waals surface area contributed by atoms with E-state index < -0.39 is 30.6 Å². The van der Waals surface area contributed by atoms with Gasteiger partial charge in [0, 0.05) is 13.2 Å². The van der Waals surface area contributed by atoms with Gasteiger partial charge >= 0.3 is 0 Å². The third-order valence-electron chi connectivity index (χ3n) is 3.08. The molecule has 0 aromatic rings. The van der Waals surface area contributed by atoms with E-state index in [9.17, 15) is 15.3 Å². The van der Waals surface area contributed by atoms with Gasteiger partial charge in [-0.05, 0) is 13.8 Å². The Balaban J connectivity index is 2.90. The Kier molecular flexibility index (Phi) is 5.93. The number of aliphatic hydroxyl groups is 3. The van der Waals surface area contributed by atoms with Crippen molar-refractivity contribution in [2.45, 2.75) is 50.5 Å². The average Bonchev–Trinajstić information content (AvgIpc) is 2.33. The van der Waals surface area contributed by atoms with Gasteiger partial charge in [0.2, 0.25) is 0 Å². The summed E-state index contributed by atoms with van der Waals surface area (Å²) in [7, 11) is 2.86. The Bertz CT molecular complexity index is 250. The molecule has 1 rings (SSSR count). The minimum atomic E-state index is -1.09. The molecule has 18 heavy (non-hydrogen) atoms. The van der Waals surface area contributed by atoms with Gasteiger partial charge in [-0.2, -0.15) is 5.06 Å². The fourth-order valence-corrected chi connectivity index (χ4v) is 2.16. The molecular formula is C11H23NO6. The van der Waals surface area contributed by atoms with Crippen molar-refractivity contribution >= 4 is 0 Å². The summed E-state index contributed by atoms with van der Waals surface area (Å²) < 4.78 is 10.6. The highest BCUT2D eigenvalue weighted by Gasteiger charge is 2.47. The van der Waals surface area contributed by atoms with E-state index in [-0.39, 0.29) is 12.6 Å². The molecular weight excluding hydrogens is 242 g/mol. The highest BCUT2D eigenvalue weighted by Crippen LogP contribution is 2.26. The molecule has 0 aliphatic carbocycles. The van der Waals surface area contributed by atoms with Gasteiger partial charge in [0.25, 0.3) is 0 Å². The normalized spacial score (nSPS) is 37.5. The van der Waals surface area contributed by atoms with Crippen LogP contribution in [0.2, 0.25) is 0 Å². The van der Waals surface area contributed by atoms with Crippen LogP contribution < -0.4 is 0 Å². The number of hydroxylamine groups is 2. The summed E-state index contributed by atoms with van der Waals surface area (Å²) >= 11 is 0. The first-order valence-electron chi connectivity index (χ1n) is 5.95. The van der Waals surface area contributed by atoms with Crippen LogP contribution in [0.3, 0.4) is 0 Å². The molecule has 0 aromatic heterocycles. The van der Waals surface area contributed by atoms with Gasteiger partial charge in [-0.25, -0.2) is 0 Å². The number of aliphatic hydroxyl groups excluding tert-OH is 3. The number of ether oxygens (including phenoxy) is 2. The molecule has 7 nitrogen and oxygen atoms in total. The van der Waals surface area contributed by atoms with Gasteiger partial charge in [-0.15, -0.1) is 0 Å². The largest absolute Gasteiger partial charge is 0.394 e. The minimum absolute atomic E-state index is 0.0401. The zero-order valence-electron chi connectivity index (χ0n) is 11.2. The molecule has 0 aromatic carbocycles. The van der Waals surface area contributed by atoms with Crippen LogP contribution >= 0.6 is 0 Å². The molecule has 0 radical (unpaired) electrons. The maximum Gasteiger partial charge on any atom is 0.162 e. The van der Waals surface area contributed by atoms with Crippen LogP contribution in [0.25, 0.3) is 0 Å². The van der Waals surface area contributed by atoms with E-state index in [1.165, 1.54) is 19.3 Å². The van der Waals surface area contributed by atoms with E-state index >= 15 is 0 Å². The van der Waals surface area contributed by atoms with Crippen molar-refractivity contribution in [2.24, 2.45) is 0 Å². The van der Waals surface area contributed by atoms with Crippen molar-refractivity contribution in [3.8, 4) is 0 Å². The van der Waals surface area contributed by atoms with Gasteiger partial charge < -0.3 is 24.8 Å². The summed E-state index contributed by atoms with van der Waals surface area (Å²) in [6.07, 6.45) is -4.62. The van der Waals surface area contributed by atoms with Crippen LogP contribution in [0, 0.1) is 0 Å². The monoisotopic (exact) mass is 265 g/mol. The van der Waals surface area contributed by atoms with Crippen LogP contribution in [-0.4, -0.2) is 77.9 Å². The first-order valence-corrected chi connectivity index (χ1v) is 5.95. The SMILES string of the molecule is CO[C@@H]1C(O)[C@@H](N(OC)C(C)C)OC(CO)[C@H]1O. The number of hydrogen-bond donors (Lipinski definition) is 3. The van der Waals surface area contributed by atoms with Crippen LogP contribution in [0.1, 0.15) is 13.8 Å². The molecule has 108 valence electrons. The molecule has 0 saturated carbocycles. The minimum Gasteiger partial charge on any atom is -0.394 e. The van der Waals surface area contributed by atoms with E-state index in [2.05, 4.69) is 0 Å². The number of nitrogens with zero attached hydrogens (tertiary/aromatic N) is 1. The lowest BCUT2D eigenvalue weighted by molar-refractivity contribution is -0.338. The first-order chi connectivity index (χ1) is 8.47. The standard InChI is InChI=1S/C11H23NO6/c1-6(2)12(17-4)11-9(15)10(16-3)8(14)7(5-13)18-11/h6-11,13-15H,5H2,1-4H3/t7?,8-,9?,10+,11+/m1/s1. The summed E-state index contributed by atoms with van der Waals surface area (Å²) in [6.45, 7) is 3.39. The maximum atomic E-state index is 10.1. The smallest absolute Gasteiger partial charge is 0.162 e. The molecule has 2 unspecified atom stereocenters. The van der Waals surface area contributed by atoms with E-state index in [0.29, 0.717) is 0 Å². The fraction of sp³-hybridized carbons (Fsp3) is 1.00. The van der Waals surface area contributed by atoms with Gasteiger partial charge in [-0.1, -0.05) is 0 Å². The number of methoxy groups -OCH3 is 1. The Morgan fingerprint density at radius 1 is 1.22 bits per heavy atom. The Morgan fingerprint density at radius 2 is 1.83 bits per heavy atom. The number of hydrogen-bond acceptors (Lipinski definition) is 7. The fourth-order valence-electron chi connectivity index (χ4n) is 2.16. The Hall–Kier alpha value is -0.280. The molecule has 7 heteroatoms. The number of rotatable bonds is 5. The van der Waals surface area contributed by atoms with Crippen LogP contribution in [-0.2, 0) is 14.3 Å². The Labute approximate surface area is 107 Å². The predicted molar refractivity (Wildman–Crippen MR) is 62.5 cm³/mol. The molecule has 1 aliphatic rings. The third-order valence-corrected chi connectivity index (χ3v) is 3.08. The molecule has 1 saturated heterocycles. The lowest BCUT2D eigenvalue weighted by Gasteiger charge is -2.45. The molecule has 3 N–H and O–H groups in total. The molecule has 1 heterocycles. The van der Waals surface area contributed by atoms with Crippen molar-refractivity contribution in [3.05, 3.63) is 0 Å². The molecule has 0 spiro atoms. The van der Waals surface area contributed by atoms with Crippen molar-refractivity contribution in [1.82, 2.24) is 5.06 Å². The van der Waals surface area contributed by atoms with E-state index in [4.69, 9.17) is 14.3 Å². The van der Waals surface area contributed by atoms with Gasteiger partial charge in [0.05, 0.1) is 13.7 Å². The summed E-state index contributed by atoms with van der Waals surface area (Å²) in [4.78, 5) is 5.17. The predicted octanol–water partition coefficient (Wildman–Crippen LogP) is -1.29. The summed E-state index contributed by atoms with van der Waals surface area (Å²) in [5.41, 5.74) is 0. The van der Waals surface area contributed by atoms with Crippen molar-refractivity contribution < 1.29 is 29.6 Å². The summed E-state index contributed by atoms with van der Waals surface area (Å²) in [6, 6.07) is -0.0401. The highest BCUT2D eigenvalue weighted by molar-refractivity contribution is 4.92. The second kappa shape index (κ2) is 6.76. The second-order valence-electron chi connectivity index (χ2n) is 4.57. The van der Waals surface area contributed by atoms with E-state index in [1.807, 2.05) is 13.8 Å². The first kappa shape index (κ1) is 15.8. The molecule has 0 bridgehead atoms. The second-order valence-corrected chi connectivity index (χ2v) is 4.57. The van der Waals surface area contributed by atoms with Gasteiger partial charge in [-0.3, -0.25) is 4.84 Å². The van der Waals surface area contributed by atoms with Gasteiger partial charge in [0.1, 0.15) is 24.4 Å². The topological polar surface area (TPSA) is 91.6 Å². The van der Waals surface area contributed by atoms with E-state index in [0.717, 1.165) is 0 Å². The lowest BCUT2D eigenvalue weighted by atomic mass is 9.97. The molecule has 5 atom stereocenters. The summed E-state index contributed by atoms with van der Waals surface area (Å²) in [5.74, 6) is 0. The maximum absolute atomic E-state index is 10.1. The van der Waals surface area contributed by atoms with Crippen molar-refractivity contribution in [2.75, 3.05) is 20.8 Å². The molecule has 1 aliphatic heterocycles. The zero-order valence-corrected chi connectivity index (χ0v) is 11.2. The quantitative estimate of drug-likeness (QED) is 0.533. The lowest BCUT2D eigenvalue weighted by Crippen LogP contribution is -2.64. The van der Waals surface area contributed by atoms with Crippen LogP contribution in [0.4, 0.5) is 0 Å². The molecule has 1 fully saturated rings. The molecule has 0 amide bonds. The highest BCUT2D eigenvalue weighted by atomic mass is 16.7. The van der Waals surface area contributed by atoms with Crippen LogP contribution in [0.5, 0.6) is 0 Å². The third kappa shape index (κ3) is 3.00. The Morgan fingerprint density at radius 3 is 2.22 bits per heavy atom. The average molecular weight is 265 g/mol. The van der Waals surface area contributed by atoms with Crippen molar-refractivity contribution in [1.29, 1.82) is 0 Å². The van der Waals surface area contributed by atoms with Crippen LogP contribution in [0.15, 0.2) is 0 Å². The van der Waals surface area contributed by atoms with E-state index in [1.54, 1.807) is 0 Å².